The first-order valence-electron chi connectivity index (χ1n) is 7.09. The molecule has 0 radical (unpaired) electrons. The summed E-state index contributed by atoms with van der Waals surface area (Å²) in [6.45, 7) is 0.131. The fraction of sp³-hybridized carbons (Fsp3) is 0.0625. The van der Waals surface area contributed by atoms with Gasteiger partial charge < -0.3 is 14.6 Å². The summed E-state index contributed by atoms with van der Waals surface area (Å²) < 4.78 is 47.5. The Morgan fingerprint density at radius 3 is 2.34 bits per heavy atom. The summed E-state index contributed by atoms with van der Waals surface area (Å²) in [5.74, 6) is -3.34. The summed E-state index contributed by atoms with van der Waals surface area (Å²) in [7, 11) is 0. The van der Waals surface area contributed by atoms with Crippen LogP contribution in [0.3, 0.4) is 0 Å². The fourth-order valence-electron chi connectivity index (χ4n) is 1.96. The van der Waals surface area contributed by atoms with Crippen LogP contribution in [-0.2, 0) is 15.7 Å². The molecule has 0 spiro atoms. The molecule has 0 heterocycles. The van der Waals surface area contributed by atoms with Crippen molar-refractivity contribution in [2.24, 2.45) is 0 Å². The Balaban J connectivity index is 0.00000420. The van der Waals surface area contributed by atoms with Crippen molar-refractivity contribution in [3.63, 3.8) is 0 Å². The topological polar surface area (TPSA) is 116 Å². The molecule has 2 rings (SSSR count). The van der Waals surface area contributed by atoms with Gasteiger partial charge in [-0.2, -0.15) is 13.2 Å². The second-order valence-corrected chi connectivity index (χ2v) is 5.45. The predicted octanol–water partition coefficient (Wildman–Crippen LogP) is 1.47. The summed E-state index contributed by atoms with van der Waals surface area (Å²) >= 11 is 5.76. The van der Waals surface area contributed by atoms with E-state index in [-0.39, 0.29) is 47.7 Å². The van der Waals surface area contributed by atoms with E-state index in [0.29, 0.717) is 12.1 Å². The van der Waals surface area contributed by atoms with Crippen molar-refractivity contribution < 1.29 is 71.8 Å². The maximum atomic E-state index is 12.7. The Kier molecular flexibility index (Phi) is 8.33. The van der Waals surface area contributed by atoms with Crippen LogP contribution >= 0.6 is 11.6 Å². The number of esters is 1. The summed E-state index contributed by atoms with van der Waals surface area (Å²) in [6, 6.07) is 5.09. The third kappa shape index (κ3) is 6.53. The van der Waals surface area contributed by atoms with Gasteiger partial charge in [-0.3, -0.25) is 14.9 Å². The van der Waals surface area contributed by atoms with Crippen LogP contribution in [0.2, 0.25) is 5.02 Å². The van der Waals surface area contributed by atoms with E-state index in [9.17, 15) is 32.9 Å². The summed E-state index contributed by atoms with van der Waals surface area (Å²) in [4.78, 5) is 32.4. The van der Waals surface area contributed by atoms with Crippen LogP contribution in [0.15, 0.2) is 36.4 Å². The number of carboxylic acids is 1. The Bertz CT molecular complexity index is 953. The van der Waals surface area contributed by atoms with E-state index in [1.165, 1.54) is 0 Å². The number of carbonyl (C=O) groups is 2. The maximum Gasteiger partial charge on any atom is 1.00 e. The molecular formula is C16H8ClF3NNaO7. The number of hydrogen-bond acceptors (Lipinski definition) is 6. The second-order valence-electron chi connectivity index (χ2n) is 5.04. The van der Waals surface area contributed by atoms with E-state index in [0.717, 1.165) is 24.3 Å². The Morgan fingerprint density at radius 2 is 1.83 bits per heavy atom. The monoisotopic (exact) mass is 441 g/mol. The summed E-state index contributed by atoms with van der Waals surface area (Å²) in [5, 5.41) is 19.1. The summed E-state index contributed by atoms with van der Waals surface area (Å²) in [6.07, 6.45) is -4.62. The van der Waals surface area contributed by atoms with Crippen LogP contribution in [-0.4, -0.2) is 22.0 Å². The van der Waals surface area contributed by atoms with Gasteiger partial charge in [0.15, 0.2) is 5.97 Å². The van der Waals surface area contributed by atoms with Gasteiger partial charge in [0, 0.05) is 12.1 Å². The average molecular weight is 442 g/mol. The molecular weight excluding hydrogens is 434 g/mol. The molecule has 13 heteroatoms. The number of carboxylic acid groups (broad SMARTS) is 1. The molecule has 148 valence electrons. The SMILES string of the molecule is O=C(O)[CH-]OC(=O)c1cc(Oc2ccc(C(F)(F)F)cc2Cl)ccc1[N+](=O)[O-].[Na+]. The molecule has 0 saturated carbocycles. The maximum absolute atomic E-state index is 12.7. The first-order chi connectivity index (χ1) is 13.0. The van der Waals surface area contributed by atoms with Crippen LogP contribution in [0, 0.1) is 16.7 Å². The quantitative estimate of drug-likeness (QED) is 0.237. The van der Waals surface area contributed by atoms with Gasteiger partial charge in [0.1, 0.15) is 17.1 Å². The molecule has 0 amide bonds. The van der Waals surface area contributed by atoms with Gasteiger partial charge in [-0.1, -0.05) is 11.6 Å². The van der Waals surface area contributed by atoms with Crippen LogP contribution in [0.1, 0.15) is 15.9 Å². The van der Waals surface area contributed by atoms with Gasteiger partial charge in [0.25, 0.3) is 5.69 Å². The Hall–Kier alpha value is -2.47. The number of alkyl halides is 3. The van der Waals surface area contributed by atoms with Crippen LogP contribution in [0.4, 0.5) is 18.9 Å². The zero-order chi connectivity index (χ0) is 21.1. The smallest absolute Gasteiger partial charge is 0.603 e. The standard InChI is InChI=1S/C16H8ClF3NO7.Na/c17-11-5-8(16(18,19)20)1-4-13(11)28-9-2-3-12(21(25)26)10(6-9)15(24)27-7-14(22)23;/h1-7H,(H,22,23);/q-1;+1. The number of halogens is 4. The number of hydrogen-bond donors (Lipinski definition) is 1. The van der Waals surface area contributed by atoms with E-state index in [4.69, 9.17) is 21.4 Å². The number of nitro benzene ring substituents is 1. The van der Waals surface area contributed by atoms with Gasteiger partial charge in [-0.25, -0.2) is 4.79 Å². The van der Waals surface area contributed by atoms with Crippen LogP contribution in [0.5, 0.6) is 11.5 Å². The molecule has 0 bridgehead atoms. The molecule has 2 aromatic rings. The molecule has 1 N–H and O–H groups in total. The third-order valence-electron chi connectivity index (χ3n) is 3.14. The number of ether oxygens (including phenoxy) is 2. The number of nitrogens with zero attached hydrogens (tertiary/aromatic N) is 1. The van der Waals surface area contributed by atoms with E-state index in [1.54, 1.807) is 0 Å². The van der Waals surface area contributed by atoms with Crippen molar-refractivity contribution >= 4 is 29.2 Å². The van der Waals surface area contributed by atoms with Crippen molar-refractivity contribution in [1.29, 1.82) is 0 Å². The van der Waals surface area contributed by atoms with Gasteiger partial charge in [0.05, 0.1) is 15.5 Å². The molecule has 0 aliphatic heterocycles. The molecule has 0 aliphatic rings. The minimum Gasteiger partial charge on any atom is -0.603 e. The van der Waals surface area contributed by atoms with E-state index in [2.05, 4.69) is 4.74 Å². The molecule has 0 fully saturated rings. The van der Waals surface area contributed by atoms with Crippen molar-refractivity contribution in [1.82, 2.24) is 0 Å². The fourth-order valence-corrected chi connectivity index (χ4v) is 2.17. The van der Waals surface area contributed by atoms with Gasteiger partial charge >= 0.3 is 41.7 Å². The number of nitro groups is 1. The first kappa shape index (κ1) is 24.6. The Labute approximate surface area is 187 Å². The van der Waals surface area contributed by atoms with Crippen LogP contribution < -0.4 is 34.3 Å². The molecule has 0 aliphatic carbocycles. The molecule has 0 aromatic heterocycles. The average Bonchev–Trinajstić information content (AvgIpc) is 2.60. The molecule has 2 aromatic carbocycles. The second kappa shape index (κ2) is 9.83. The predicted molar refractivity (Wildman–Crippen MR) is 87.0 cm³/mol. The number of carbonyl (C=O) groups excluding carboxylic acids is 1. The normalized spacial score (nSPS) is 10.5. The van der Waals surface area contributed by atoms with Crippen LogP contribution in [0.25, 0.3) is 0 Å². The molecule has 0 saturated heterocycles. The Morgan fingerprint density at radius 1 is 1.17 bits per heavy atom. The van der Waals surface area contributed by atoms with Crippen molar-refractivity contribution in [3.05, 3.63) is 69.3 Å². The molecule has 29 heavy (non-hydrogen) atoms. The van der Waals surface area contributed by atoms with E-state index in [1.807, 2.05) is 0 Å². The van der Waals surface area contributed by atoms with Gasteiger partial charge in [-0.05, 0) is 24.3 Å². The molecule has 0 atom stereocenters. The zero-order valence-corrected chi connectivity index (χ0v) is 17.2. The first-order valence-corrected chi connectivity index (χ1v) is 7.47. The number of aliphatic carboxylic acids is 1. The van der Waals surface area contributed by atoms with Crippen molar-refractivity contribution in [3.8, 4) is 11.5 Å². The van der Waals surface area contributed by atoms with Gasteiger partial charge in [0.2, 0.25) is 0 Å². The van der Waals surface area contributed by atoms with Crippen molar-refractivity contribution in [2.45, 2.75) is 6.18 Å². The largest absolute Gasteiger partial charge is 1.00 e. The summed E-state index contributed by atoms with van der Waals surface area (Å²) in [5.41, 5.74) is -2.35. The van der Waals surface area contributed by atoms with E-state index >= 15 is 0 Å². The number of benzene rings is 2. The van der Waals surface area contributed by atoms with Gasteiger partial charge in [-0.15, -0.1) is 6.61 Å². The van der Waals surface area contributed by atoms with Crippen molar-refractivity contribution in [2.75, 3.05) is 0 Å². The third-order valence-corrected chi connectivity index (χ3v) is 3.43. The number of rotatable bonds is 6. The minimum absolute atomic E-state index is 0. The minimum atomic E-state index is -4.62. The van der Waals surface area contributed by atoms with E-state index < -0.39 is 44.9 Å². The molecule has 0 unspecified atom stereocenters. The molecule has 8 nitrogen and oxygen atoms in total. The zero-order valence-electron chi connectivity index (χ0n) is 14.4.